The molecular weight excluding hydrogens is 363 g/mol. The van der Waals surface area contributed by atoms with Crippen molar-refractivity contribution in [2.24, 2.45) is 4.99 Å². The van der Waals surface area contributed by atoms with Gasteiger partial charge in [0.2, 0.25) is 0 Å². The second-order valence-corrected chi connectivity index (χ2v) is 6.55. The molecule has 0 fully saturated rings. The predicted octanol–water partition coefficient (Wildman–Crippen LogP) is 2.51. The molecule has 1 aromatic carbocycles. The second kappa shape index (κ2) is 7.40. The molecule has 1 aromatic heterocycles. The van der Waals surface area contributed by atoms with Crippen molar-refractivity contribution in [3.8, 4) is 5.75 Å². The fourth-order valence-electron chi connectivity index (χ4n) is 3.00. The van der Waals surface area contributed by atoms with Crippen LogP contribution in [-0.4, -0.2) is 35.3 Å². The Hall–Kier alpha value is -3.26. The first-order valence-electron chi connectivity index (χ1n) is 8.77. The highest BCUT2D eigenvalue weighted by molar-refractivity contribution is 6.00. The van der Waals surface area contributed by atoms with Gasteiger partial charge in [-0.15, -0.1) is 0 Å². The van der Waals surface area contributed by atoms with Crippen LogP contribution in [0.25, 0.3) is 0 Å². The van der Waals surface area contributed by atoms with Crippen LogP contribution in [-0.2, 0) is 17.9 Å². The summed E-state index contributed by atoms with van der Waals surface area (Å²) in [6.07, 6.45) is 4.56. The van der Waals surface area contributed by atoms with Crippen LogP contribution in [0, 0.1) is 12.7 Å². The molecule has 3 heterocycles. The molecule has 8 heteroatoms. The van der Waals surface area contributed by atoms with E-state index >= 15 is 0 Å². The number of rotatable bonds is 5. The van der Waals surface area contributed by atoms with Gasteiger partial charge in [-0.25, -0.2) is 9.38 Å². The Balaban J connectivity index is 1.51. The van der Waals surface area contributed by atoms with Gasteiger partial charge in [0.25, 0.3) is 5.91 Å². The predicted molar refractivity (Wildman–Crippen MR) is 100 cm³/mol. The molecule has 0 saturated carbocycles. The molecule has 1 amide bonds. The fourth-order valence-corrected chi connectivity index (χ4v) is 3.00. The molecule has 0 saturated heterocycles. The second-order valence-electron chi connectivity index (χ2n) is 6.55. The number of hydrogen-bond acceptors (Lipinski definition) is 6. The van der Waals surface area contributed by atoms with Crippen molar-refractivity contribution in [1.29, 1.82) is 0 Å². The van der Waals surface area contributed by atoms with E-state index < -0.39 is 5.82 Å². The van der Waals surface area contributed by atoms with Gasteiger partial charge in [-0.2, -0.15) is 0 Å². The Bertz CT molecular complexity index is 972. The summed E-state index contributed by atoms with van der Waals surface area (Å²) in [5.41, 5.74) is 2.70. The smallest absolute Gasteiger partial charge is 0.260 e. The molecule has 2 aliphatic rings. The number of carbonyl (C=O) groups excluding carboxylic acids is 1. The number of carbonyl (C=O) groups is 1. The maximum absolute atomic E-state index is 14.5. The molecule has 1 unspecified atom stereocenters. The van der Waals surface area contributed by atoms with Crippen LogP contribution in [0.2, 0.25) is 0 Å². The lowest BCUT2D eigenvalue weighted by Crippen LogP contribution is -2.34. The molecule has 1 N–H and O–H groups in total. The average Bonchev–Trinajstić information content (AvgIpc) is 3.03. The summed E-state index contributed by atoms with van der Waals surface area (Å²) >= 11 is 0. The average molecular weight is 382 g/mol. The van der Waals surface area contributed by atoms with Gasteiger partial charge in [0, 0.05) is 25.1 Å². The van der Waals surface area contributed by atoms with Gasteiger partial charge < -0.3 is 14.8 Å². The minimum atomic E-state index is -0.515. The van der Waals surface area contributed by atoms with E-state index in [-0.39, 0.29) is 31.0 Å². The van der Waals surface area contributed by atoms with Crippen molar-refractivity contribution in [2.45, 2.75) is 26.3 Å². The number of halogens is 1. The van der Waals surface area contributed by atoms with Crippen LogP contribution in [0.5, 0.6) is 5.75 Å². The van der Waals surface area contributed by atoms with Crippen molar-refractivity contribution in [3.05, 3.63) is 70.7 Å². The Morgan fingerprint density at radius 3 is 2.89 bits per heavy atom. The molecule has 144 valence electrons. The summed E-state index contributed by atoms with van der Waals surface area (Å²) < 4.78 is 25.1. The lowest BCUT2D eigenvalue weighted by Gasteiger charge is -2.21. The van der Waals surface area contributed by atoms with Crippen LogP contribution in [0.15, 0.2) is 47.5 Å². The van der Waals surface area contributed by atoms with E-state index in [1.807, 2.05) is 19.1 Å². The number of aryl methyl sites for hydroxylation is 1. The molecule has 28 heavy (non-hydrogen) atoms. The molecular formula is C20H19FN4O3. The van der Waals surface area contributed by atoms with Crippen molar-refractivity contribution >= 4 is 12.1 Å². The van der Waals surface area contributed by atoms with E-state index in [4.69, 9.17) is 9.47 Å². The summed E-state index contributed by atoms with van der Waals surface area (Å²) in [5, 5.41) is 2.98. The number of pyridine rings is 1. The van der Waals surface area contributed by atoms with Gasteiger partial charge in [0.15, 0.2) is 23.6 Å². The molecule has 7 nitrogen and oxygen atoms in total. The van der Waals surface area contributed by atoms with Crippen molar-refractivity contribution in [2.75, 3.05) is 7.11 Å². The third-order valence-corrected chi connectivity index (χ3v) is 4.56. The van der Waals surface area contributed by atoms with E-state index in [0.717, 1.165) is 5.56 Å². The molecule has 2 aromatic rings. The highest BCUT2D eigenvalue weighted by Gasteiger charge is 2.32. The summed E-state index contributed by atoms with van der Waals surface area (Å²) in [7, 11) is 1.55. The Morgan fingerprint density at radius 1 is 1.36 bits per heavy atom. The normalized spacial score (nSPS) is 18.0. The maximum atomic E-state index is 14.5. The summed E-state index contributed by atoms with van der Waals surface area (Å²) in [6.45, 7) is 2.30. The van der Waals surface area contributed by atoms with E-state index in [2.05, 4.69) is 15.3 Å². The molecule has 2 aliphatic heterocycles. The number of methoxy groups -OCH3 is 1. The maximum Gasteiger partial charge on any atom is 0.260 e. The zero-order valence-electron chi connectivity index (χ0n) is 15.5. The lowest BCUT2D eigenvalue weighted by molar-refractivity contribution is 0.0818. The van der Waals surface area contributed by atoms with Crippen LogP contribution >= 0.6 is 0 Å². The number of nitrogens with one attached hydrogen (secondary N) is 1. The van der Waals surface area contributed by atoms with E-state index in [9.17, 15) is 9.18 Å². The van der Waals surface area contributed by atoms with Crippen LogP contribution in [0.3, 0.4) is 0 Å². The SMILES string of the molecule is COC1C=NC(N2Cc3cc(F)c(OCc4ccc(C)cn4)cc3C2=O)=CN1. The summed E-state index contributed by atoms with van der Waals surface area (Å²) in [6, 6.07) is 6.51. The largest absolute Gasteiger partial charge is 0.484 e. The number of aliphatic imine (C=N–C) groups is 1. The highest BCUT2D eigenvalue weighted by atomic mass is 19.1. The van der Waals surface area contributed by atoms with Gasteiger partial charge in [0.05, 0.1) is 18.5 Å². The Kier molecular flexibility index (Phi) is 4.79. The van der Waals surface area contributed by atoms with Crippen LogP contribution in [0.1, 0.15) is 27.2 Å². The number of fused-ring (bicyclic) bond motifs is 1. The first-order valence-corrected chi connectivity index (χ1v) is 8.77. The summed E-state index contributed by atoms with van der Waals surface area (Å²) in [5.74, 6) is -0.301. The molecule has 0 spiro atoms. The quantitative estimate of drug-likeness (QED) is 0.860. The van der Waals surface area contributed by atoms with E-state index in [1.165, 1.54) is 17.0 Å². The molecule has 0 bridgehead atoms. The first kappa shape index (κ1) is 18.1. The number of nitrogens with zero attached hydrogens (tertiary/aromatic N) is 3. The van der Waals surface area contributed by atoms with Crippen LogP contribution in [0.4, 0.5) is 4.39 Å². The monoisotopic (exact) mass is 382 g/mol. The fraction of sp³-hybridized carbons (Fsp3) is 0.250. The minimum Gasteiger partial charge on any atom is -0.484 e. The third-order valence-electron chi connectivity index (χ3n) is 4.56. The topological polar surface area (TPSA) is 76.1 Å². The number of ether oxygens (including phenoxy) is 2. The number of aromatic nitrogens is 1. The van der Waals surface area contributed by atoms with Crippen LogP contribution < -0.4 is 10.1 Å². The molecule has 4 rings (SSSR count). The Labute approximate surface area is 161 Å². The van der Waals surface area contributed by atoms with Gasteiger partial charge in [0.1, 0.15) is 6.61 Å². The summed E-state index contributed by atoms with van der Waals surface area (Å²) in [4.78, 5) is 22.7. The zero-order chi connectivity index (χ0) is 19.7. The van der Waals surface area contributed by atoms with Crippen molar-refractivity contribution < 1.29 is 18.7 Å². The molecule has 0 radical (unpaired) electrons. The number of hydrogen-bond donors (Lipinski definition) is 1. The number of benzene rings is 1. The third kappa shape index (κ3) is 3.46. The van der Waals surface area contributed by atoms with Gasteiger partial charge >= 0.3 is 0 Å². The van der Waals surface area contributed by atoms with E-state index in [1.54, 1.807) is 25.7 Å². The first-order chi connectivity index (χ1) is 13.5. The van der Waals surface area contributed by atoms with Crippen molar-refractivity contribution in [1.82, 2.24) is 15.2 Å². The molecule has 1 atom stereocenters. The number of amides is 1. The lowest BCUT2D eigenvalue weighted by atomic mass is 10.1. The standard InChI is InChI=1S/C20H19FN4O3/c1-12-3-4-14(22-7-12)11-28-17-6-15-13(5-16(17)21)10-25(20(15)26)18-8-24-19(27-2)9-23-18/h3-9,19,24H,10-11H2,1-2H3. The van der Waals surface area contributed by atoms with Gasteiger partial charge in [-0.1, -0.05) is 6.07 Å². The van der Waals surface area contributed by atoms with Crippen molar-refractivity contribution in [3.63, 3.8) is 0 Å². The zero-order valence-corrected chi connectivity index (χ0v) is 15.5. The van der Waals surface area contributed by atoms with Gasteiger partial charge in [-0.05, 0) is 36.2 Å². The Morgan fingerprint density at radius 2 is 2.21 bits per heavy atom. The minimum absolute atomic E-state index is 0.0232. The molecule has 0 aliphatic carbocycles. The highest BCUT2D eigenvalue weighted by Crippen LogP contribution is 2.32. The van der Waals surface area contributed by atoms with E-state index in [0.29, 0.717) is 22.6 Å². The van der Waals surface area contributed by atoms with Gasteiger partial charge in [-0.3, -0.25) is 14.7 Å².